The van der Waals surface area contributed by atoms with Crippen molar-refractivity contribution >= 4 is 15.9 Å². The average Bonchev–Trinajstić information content (AvgIpc) is 3.23. The number of rotatable bonds is 7. The van der Waals surface area contributed by atoms with Crippen LogP contribution in [0, 0.1) is 11.3 Å². The van der Waals surface area contributed by atoms with Gasteiger partial charge in [0.1, 0.15) is 12.2 Å². The Labute approximate surface area is 176 Å². The van der Waals surface area contributed by atoms with Crippen LogP contribution in [0.4, 0.5) is 0 Å². The summed E-state index contributed by atoms with van der Waals surface area (Å²) in [4.78, 5) is 22.6. The van der Waals surface area contributed by atoms with Gasteiger partial charge in [-0.15, -0.1) is 0 Å². The van der Waals surface area contributed by atoms with Gasteiger partial charge in [-0.2, -0.15) is 9.57 Å². The zero-order valence-electron chi connectivity index (χ0n) is 16.9. The zero-order chi connectivity index (χ0) is 21.7. The molecule has 0 saturated carbocycles. The van der Waals surface area contributed by atoms with Crippen molar-refractivity contribution in [2.75, 3.05) is 26.2 Å². The lowest BCUT2D eigenvalue weighted by Crippen LogP contribution is -2.32. The maximum absolute atomic E-state index is 12.8. The predicted octanol–water partition coefficient (Wildman–Crippen LogP) is 1.67. The minimum atomic E-state index is -3.56. The third-order valence-corrected chi connectivity index (χ3v) is 6.99. The van der Waals surface area contributed by atoms with Crippen LogP contribution in [-0.4, -0.2) is 65.8 Å². The van der Waals surface area contributed by atoms with E-state index in [2.05, 4.69) is 9.97 Å². The van der Waals surface area contributed by atoms with Gasteiger partial charge in [-0.25, -0.2) is 18.4 Å². The molecule has 10 heteroatoms. The molecule has 2 aromatic rings. The van der Waals surface area contributed by atoms with Crippen molar-refractivity contribution in [2.24, 2.45) is 0 Å². The van der Waals surface area contributed by atoms with Crippen molar-refractivity contribution in [2.45, 2.75) is 31.3 Å². The minimum absolute atomic E-state index is 0.104. The molecule has 1 aromatic carbocycles. The van der Waals surface area contributed by atoms with Gasteiger partial charge < -0.3 is 9.64 Å². The van der Waals surface area contributed by atoms with E-state index in [0.29, 0.717) is 38.2 Å². The van der Waals surface area contributed by atoms with Crippen molar-refractivity contribution in [3.8, 4) is 11.9 Å². The van der Waals surface area contributed by atoms with Crippen LogP contribution < -0.4 is 4.74 Å². The van der Waals surface area contributed by atoms with Gasteiger partial charge in [0.2, 0.25) is 15.7 Å². The molecule has 3 rings (SSSR count). The van der Waals surface area contributed by atoms with Crippen molar-refractivity contribution in [1.29, 1.82) is 5.26 Å². The highest BCUT2D eigenvalue weighted by atomic mass is 32.2. The Hall–Kier alpha value is -3.03. The number of carbonyl (C=O) groups excluding carboxylic acids is 1. The molecule has 2 heterocycles. The van der Waals surface area contributed by atoms with Crippen LogP contribution in [0.25, 0.3) is 0 Å². The number of nitriles is 1. The highest BCUT2D eigenvalue weighted by Crippen LogP contribution is 2.21. The van der Waals surface area contributed by atoms with Crippen molar-refractivity contribution in [1.82, 2.24) is 19.2 Å². The Balaban J connectivity index is 1.67. The van der Waals surface area contributed by atoms with E-state index in [9.17, 15) is 13.2 Å². The molecule has 1 atom stereocenters. The fraction of sp³-hybridized carbons (Fsp3) is 0.400. The smallest absolute Gasteiger partial charge is 0.253 e. The summed E-state index contributed by atoms with van der Waals surface area (Å²) in [5.74, 6) is -0.0437. The number of carbonyl (C=O) groups is 1. The lowest BCUT2D eigenvalue weighted by molar-refractivity contribution is 0.0771. The van der Waals surface area contributed by atoms with Gasteiger partial charge in [-0.1, -0.05) is 13.8 Å². The highest BCUT2D eigenvalue weighted by Gasteiger charge is 2.30. The largest absolute Gasteiger partial charge is 0.470 e. The standard InChI is InChI=1S/C20H23N5O4S/c1-3-25(4-2)30(27,28)17-7-5-15(6-8-17)20(26)24-12-9-16(14-24)29-19-18(13-21)22-10-11-23-19/h5-8,10-11,16H,3-4,9,12,14H2,1-2H3. The zero-order valence-corrected chi connectivity index (χ0v) is 17.7. The number of aromatic nitrogens is 2. The second-order valence-electron chi connectivity index (χ2n) is 6.72. The summed E-state index contributed by atoms with van der Waals surface area (Å²) in [7, 11) is -3.56. The van der Waals surface area contributed by atoms with Crippen LogP contribution in [-0.2, 0) is 10.0 Å². The van der Waals surface area contributed by atoms with Crippen molar-refractivity contribution < 1.29 is 17.9 Å². The third-order valence-electron chi connectivity index (χ3n) is 4.93. The molecule has 0 aliphatic carbocycles. The highest BCUT2D eigenvalue weighted by molar-refractivity contribution is 7.89. The Morgan fingerprint density at radius 1 is 1.23 bits per heavy atom. The monoisotopic (exact) mass is 429 g/mol. The molecule has 1 aromatic heterocycles. The summed E-state index contributed by atoms with van der Waals surface area (Å²) in [5.41, 5.74) is 0.513. The van der Waals surface area contributed by atoms with Crippen LogP contribution in [0.1, 0.15) is 36.3 Å². The van der Waals surface area contributed by atoms with E-state index < -0.39 is 10.0 Å². The van der Waals surface area contributed by atoms with Gasteiger partial charge in [0, 0.05) is 44.0 Å². The molecule has 158 valence electrons. The number of hydrogen-bond donors (Lipinski definition) is 0. The van der Waals surface area contributed by atoms with Gasteiger partial charge in [-0.3, -0.25) is 4.79 Å². The molecule has 1 saturated heterocycles. The molecule has 0 bridgehead atoms. The predicted molar refractivity (Wildman–Crippen MR) is 108 cm³/mol. The Bertz CT molecular complexity index is 1050. The first-order valence-corrected chi connectivity index (χ1v) is 11.1. The minimum Gasteiger partial charge on any atom is -0.470 e. The van der Waals surface area contributed by atoms with Gasteiger partial charge in [0.05, 0.1) is 11.4 Å². The summed E-state index contributed by atoms with van der Waals surface area (Å²) < 4.78 is 32.3. The maximum atomic E-state index is 12.8. The molecule has 9 nitrogen and oxygen atoms in total. The number of hydrogen-bond acceptors (Lipinski definition) is 7. The first-order chi connectivity index (χ1) is 14.4. The summed E-state index contributed by atoms with van der Waals surface area (Å²) >= 11 is 0. The number of likely N-dealkylation sites (tertiary alicyclic amines) is 1. The first kappa shape index (κ1) is 21.7. The maximum Gasteiger partial charge on any atom is 0.253 e. The number of amides is 1. The van der Waals surface area contributed by atoms with E-state index >= 15 is 0 Å². The van der Waals surface area contributed by atoms with E-state index in [1.54, 1.807) is 18.7 Å². The molecule has 1 aliphatic rings. The lowest BCUT2D eigenvalue weighted by atomic mass is 10.2. The van der Waals surface area contributed by atoms with Crippen LogP contribution in [0.5, 0.6) is 5.88 Å². The fourth-order valence-electron chi connectivity index (χ4n) is 3.32. The van der Waals surface area contributed by atoms with E-state index in [-0.39, 0.29) is 28.5 Å². The van der Waals surface area contributed by atoms with Crippen LogP contribution in [0.3, 0.4) is 0 Å². The summed E-state index contributed by atoms with van der Waals surface area (Å²) in [6.07, 6.45) is 3.17. The second kappa shape index (κ2) is 9.19. The molecule has 1 aliphatic heterocycles. The molecule has 0 N–H and O–H groups in total. The number of sulfonamides is 1. The normalized spacial score (nSPS) is 16.5. The number of nitrogens with zero attached hydrogens (tertiary/aromatic N) is 5. The van der Waals surface area contributed by atoms with Gasteiger partial charge in [-0.05, 0) is 24.3 Å². The van der Waals surface area contributed by atoms with E-state index in [1.165, 1.54) is 41.0 Å². The molecule has 1 unspecified atom stereocenters. The van der Waals surface area contributed by atoms with Crippen LogP contribution in [0.15, 0.2) is 41.6 Å². The topological polar surface area (TPSA) is 116 Å². The molecule has 1 fully saturated rings. The first-order valence-electron chi connectivity index (χ1n) is 9.68. The van der Waals surface area contributed by atoms with Crippen LogP contribution >= 0.6 is 0 Å². The third kappa shape index (κ3) is 4.42. The summed E-state index contributed by atoms with van der Waals surface area (Å²) in [6.45, 7) is 5.17. The average molecular weight is 430 g/mol. The molecule has 0 radical (unpaired) electrons. The van der Waals surface area contributed by atoms with Gasteiger partial charge in [0.25, 0.3) is 11.8 Å². The van der Waals surface area contributed by atoms with Crippen LogP contribution in [0.2, 0.25) is 0 Å². The molecular formula is C20H23N5O4S. The molecule has 1 amide bonds. The Morgan fingerprint density at radius 2 is 1.90 bits per heavy atom. The fourth-order valence-corrected chi connectivity index (χ4v) is 4.78. The van der Waals surface area contributed by atoms with E-state index in [0.717, 1.165) is 0 Å². The molecule has 30 heavy (non-hydrogen) atoms. The quantitative estimate of drug-likeness (QED) is 0.657. The Kier molecular flexibility index (Phi) is 6.64. The van der Waals surface area contributed by atoms with Gasteiger partial charge in [0.15, 0.2) is 0 Å². The summed E-state index contributed by atoms with van der Waals surface area (Å²) in [5, 5.41) is 9.08. The Morgan fingerprint density at radius 3 is 2.53 bits per heavy atom. The molecule has 0 spiro atoms. The second-order valence-corrected chi connectivity index (χ2v) is 8.65. The number of ether oxygens (including phenoxy) is 1. The summed E-state index contributed by atoms with van der Waals surface area (Å²) in [6, 6.07) is 7.92. The number of benzene rings is 1. The van der Waals surface area contributed by atoms with Crippen molar-refractivity contribution in [3.63, 3.8) is 0 Å². The van der Waals surface area contributed by atoms with E-state index in [4.69, 9.17) is 10.00 Å². The van der Waals surface area contributed by atoms with Crippen molar-refractivity contribution in [3.05, 3.63) is 47.9 Å². The molecular weight excluding hydrogens is 406 g/mol. The van der Waals surface area contributed by atoms with E-state index in [1.807, 2.05) is 6.07 Å². The lowest BCUT2D eigenvalue weighted by Gasteiger charge is -2.19. The SMILES string of the molecule is CCN(CC)S(=O)(=O)c1ccc(C(=O)N2CCC(Oc3nccnc3C#N)C2)cc1. The van der Waals surface area contributed by atoms with Gasteiger partial charge >= 0.3 is 0 Å².